The van der Waals surface area contributed by atoms with Gasteiger partial charge in [-0.1, -0.05) is 18.7 Å². The molecule has 1 rings (SSSR count). The van der Waals surface area contributed by atoms with E-state index in [4.69, 9.17) is 9.15 Å². The molecule has 0 aliphatic heterocycles. The molecule has 0 bridgehead atoms. The molecule has 0 aromatic carbocycles. The van der Waals surface area contributed by atoms with E-state index in [1.165, 1.54) is 11.8 Å². The van der Waals surface area contributed by atoms with Crippen LogP contribution in [0.15, 0.2) is 9.64 Å². The van der Waals surface area contributed by atoms with E-state index >= 15 is 0 Å². The van der Waals surface area contributed by atoms with Crippen LogP contribution in [-0.2, 0) is 9.53 Å². The molecule has 108 valence electrons. The summed E-state index contributed by atoms with van der Waals surface area (Å²) in [6.45, 7) is 8.53. The van der Waals surface area contributed by atoms with Crippen molar-refractivity contribution < 1.29 is 13.9 Å². The Bertz CT molecular complexity index is 411. The van der Waals surface area contributed by atoms with Crippen molar-refractivity contribution in [1.29, 1.82) is 0 Å². The van der Waals surface area contributed by atoms with Gasteiger partial charge in [0.05, 0.1) is 6.61 Å². The Morgan fingerprint density at radius 1 is 1.47 bits per heavy atom. The van der Waals surface area contributed by atoms with Crippen molar-refractivity contribution in [3.63, 3.8) is 0 Å². The lowest BCUT2D eigenvalue weighted by atomic mass is 10.1. The van der Waals surface area contributed by atoms with Gasteiger partial charge in [0.15, 0.2) is 0 Å². The minimum Gasteiger partial charge on any atom is -0.465 e. The van der Waals surface area contributed by atoms with E-state index in [1.54, 1.807) is 13.8 Å². The highest BCUT2D eigenvalue weighted by atomic mass is 32.2. The molecule has 6 nitrogen and oxygen atoms in total. The molecule has 1 atom stereocenters. The smallest absolute Gasteiger partial charge is 0.326 e. The minimum atomic E-state index is -0.751. The first kappa shape index (κ1) is 16.0. The minimum absolute atomic E-state index is 0.257. The number of nitrogens with zero attached hydrogens (tertiary/aromatic N) is 2. The standard InChI is InChI=1S/C12H21N3O3S/c1-5-7-13-12(4,10(16)17-6-2)8-19-11-15-14-9(3)18-11/h13H,5-8H2,1-4H3. The van der Waals surface area contributed by atoms with Gasteiger partial charge in [0.25, 0.3) is 5.22 Å². The average molecular weight is 287 g/mol. The summed E-state index contributed by atoms with van der Waals surface area (Å²) in [5.41, 5.74) is -0.751. The van der Waals surface area contributed by atoms with Crippen molar-refractivity contribution in [1.82, 2.24) is 15.5 Å². The third kappa shape index (κ3) is 4.83. The molecule has 0 radical (unpaired) electrons. The Morgan fingerprint density at radius 2 is 2.21 bits per heavy atom. The van der Waals surface area contributed by atoms with Crippen LogP contribution in [0.1, 0.15) is 33.1 Å². The van der Waals surface area contributed by atoms with Gasteiger partial charge < -0.3 is 14.5 Å². The summed E-state index contributed by atoms with van der Waals surface area (Å²) in [4.78, 5) is 12.0. The van der Waals surface area contributed by atoms with Crippen LogP contribution in [0.25, 0.3) is 0 Å². The second-order valence-corrected chi connectivity index (χ2v) is 5.28. The highest BCUT2D eigenvalue weighted by molar-refractivity contribution is 7.99. The molecule has 0 amide bonds. The predicted octanol–water partition coefficient (Wildman–Crippen LogP) is 1.79. The largest absolute Gasteiger partial charge is 0.465 e. The van der Waals surface area contributed by atoms with Crippen LogP contribution in [-0.4, -0.2) is 40.6 Å². The normalized spacial score (nSPS) is 14.1. The molecule has 19 heavy (non-hydrogen) atoms. The number of hydrogen-bond acceptors (Lipinski definition) is 7. The number of ether oxygens (including phenoxy) is 1. The topological polar surface area (TPSA) is 77.3 Å². The third-order valence-corrected chi connectivity index (χ3v) is 3.62. The second-order valence-electron chi connectivity index (χ2n) is 4.36. The predicted molar refractivity (Wildman–Crippen MR) is 73.1 cm³/mol. The highest BCUT2D eigenvalue weighted by Crippen LogP contribution is 2.22. The van der Waals surface area contributed by atoms with E-state index in [2.05, 4.69) is 15.5 Å². The molecule has 0 fully saturated rings. The van der Waals surface area contributed by atoms with Crippen molar-refractivity contribution in [3.8, 4) is 0 Å². The average Bonchev–Trinajstić information content (AvgIpc) is 2.80. The summed E-state index contributed by atoms with van der Waals surface area (Å²) < 4.78 is 10.4. The number of aryl methyl sites for hydroxylation is 1. The van der Waals surface area contributed by atoms with Crippen molar-refractivity contribution >= 4 is 17.7 Å². The highest BCUT2D eigenvalue weighted by Gasteiger charge is 2.34. The van der Waals surface area contributed by atoms with Crippen LogP contribution < -0.4 is 5.32 Å². The first-order valence-electron chi connectivity index (χ1n) is 6.37. The first-order chi connectivity index (χ1) is 9.01. The fourth-order valence-electron chi connectivity index (χ4n) is 1.42. The van der Waals surface area contributed by atoms with E-state index in [1.807, 2.05) is 13.8 Å². The van der Waals surface area contributed by atoms with Gasteiger partial charge in [0, 0.05) is 12.7 Å². The van der Waals surface area contributed by atoms with Gasteiger partial charge in [0.2, 0.25) is 5.89 Å². The summed E-state index contributed by atoms with van der Waals surface area (Å²) in [7, 11) is 0. The maximum Gasteiger partial charge on any atom is 0.326 e. The summed E-state index contributed by atoms with van der Waals surface area (Å²) in [6, 6.07) is 0. The van der Waals surface area contributed by atoms with Gasteiger partial charge in [0.1, 0.15) is 5.54 Å². The number of hydrogen-bond donors (Lipinski definition) is 1. The number of thioether (sulfide) groups is 1. The lowest BCUT2D eigenvalue weighted by molar-refractivity contribution is -0.149. The van der Waals surface area contributed by atoms with Gasteiger partial charge >= 0.3 is 5.97 Å². The number of nitrogens with one attached hydrogen (secondary N) is 1. The van der Waals surface area contributed by atoms with E-state index in [0.29, 0.717) is 23.5 Å². The molecule has 0 aliphatic carbocycles. The molecule has 1 N–H and O–H groups in total. The lowest BCUT2D eigenvalue weighted by Crippen LogP contribution is -2.52. The molecule has 0 saturated heterocycles. The Labute approximate surface area is 117 Å². The fraction of sp³-hybridized carbons (Fsp3) is 0.750. The Hall–Kier alpha value is -1.08. The molecular weight excluding hydrogens is 266 g/mol. The maximum absolute atomic E-state index is 12.0. The fourth-order valence-corrected chi connectivity index (χ4v) is 2.33. The van der Waals surface area contributed by atoms with Crippen LogP contribution in [0.5, 0.6) is 0 Å². The van der Waals surface area contributed by atoms with Crippen LogP contribution in [0.2, 0.25) is 0 Å². The van der Waals surface area contributed by atoms with Crippen LogP contribution in [0, 0.1) is 6.92 Å². The maximum atomic E-state index is 12.0. The summed E-state index contributed by atoms with van der Waals surface area (Å²) in [5.74, 6) is 0.738. The first-order valence-corrected chi connectivity index (χ1v) is 7.35. The SMILES string of the molecule is CCCNC(C)(CSc1nnc(C)o1)C(=O)OCC. The molecule has 0 aliphatic rings. The molecule has 0 saturated carbocycles. The van der Waals surface area contributed by atoms with Crippen LogP contribution in [0.4, 0.5) is 0 Å². The van der Waals surface area contributed by atoms with Crippen LogP contribution >= 0.6 is 11.8 Å². The Balaban J connectivity index is 2.65. The molecular formula is C12H21N3O3S. The monoisotopic (exact) mass is 287 g/mol. The van der Waals surface area contributed by atoms with Gasteiger partial charge in [-0.05, 0) is 26.8 Å². The van der Waals surface area contributed by atoms with Gasteiger partial charge in [-0.15, -0.1) is 10.2 Å². The van der Waals surface area contributed by atoms with Crippen molar-refractivity contribution in [2.45, 2.75) is 44.9 Å². The number of carbonyl (C=O) groups excluding carboxylic acids is 1. The van der Waals surface area contributed by atoms with Crippen molar-refractivity contribution in [2.75, 3.05) is 18.9 Å². The van der Waals surface area contributed by atoms with Crippen molar-refractivity contribution in [3.05, 3.63) is 5.89 Å². The zero-order valence-corrected chi connectivity index (χ0v) is 12.7. The zero-order chi connectivity index (χ0) is 14.3. The molecule has 7 heteroatoms. The number of rotatable bonds is 8. The second kappa shape index (κ2) is 7.49. The summed E-state index contributed by atoms with van der Waals surface area (Å²) >= 11 is 1.35. The Morgan fingerprint density at radius 3 is 2.74 bits per heavy atom. The summed E-state index contributed by atoms with van der Waals surface area (Å²) in [6.07, 6.45) is 0.944. The number of esters is 1. The van der Waals surface area contributed by atoms with Gasteiger partial charge in [-0.25, -0.2) is 0 Å². The quantitative estimate of drug-likeness (QED) is 0.577. The molecule has 1 aromatic rings. The molecule has 1 aromatic heterocycles. The molecule has 1 heterocycles. The molecule has 0 spiro atoms. The third-order valence-electron chi connectivity index (χ3n) is 2.48. The number of aromatic nitrogens is 2. The van der Waals surface area contributed by atoms with Crippen molar-refractivity contribution in [2.24, 2.45) is 0 Å². The lowest BCUT2D eigenvalue weighted by Gasteiger charge is -2.27. The Kier molecular flexibility index (Phi) is 6.30. The number of carbonyl (C=O) groups is 1. The summed E-state index contributed by atoms with van der Waals surface area (Å²) in [5, 5.41) is 11.3. The van der Waals surface area contributed by atoms with Crippen LogP contribution in [0.3, 0.4) is 0 Å². The van der Waals surface area contributed by atoms with E-state index in [-0.39, 0.29) is 5.97 Å². The van der Waals surface area contributed by atoms with E-state index in [0.717, 1.165) is 13.0 Å². The van der Waals surface area contributed by atoms with E-state index in [9.17, 15) is 4.79 Å². The van der Waals surface area contributed by atoms with Gasteiger partial charge in [-0.2, -0.15) is 0 Å². The molecule has 1 unspecified atom stereocenters. The van der Waals surface area contributed by atoms with Gasteiger partial charge in [-0.3, -0.25) is 4.79 Å². The zero-order valence-electron chi connectivity index (χ0n) is 11.9. The van der Waals surface area contributed by atoms with E-state index < -0.39 is 5.54 Å².